The zero-order valence-electron chi connectivity index (χ0n) is 18.0. The molecule has 0 aliphatic rings. The molecule has 0 spiro atoms. The van der Waals surface area contributed by atoms with Gasteiger partial charge in [-0.1, -0.05) is 0 Å². The van der Waals surface area contributed by atoms with Crippen LogP contribution in [0.5, 0.6) is 0 Å². The van der Waals surface area contributed by atoms with Crippen molar-refractivity contribution in [3.63, 3.8) is 0 Å². The van der Waals surface area contributed by atoms with E-state index in [4.69, 9.17) is 5.73 Å². The molecule has 3 atom stereocenters. The summed E-state index contributed by atoms with van der Waals surface area (Å²) >= 11 is 1.46. The van der Waals surface area contributed by atoms with E-state index in [0.717, 1.165) is 0 Å². The summed E-state index contributed by atoms with van der Waals surface area (Å²) in [4.78, 5) is 62.2. The summed E-state index contributed by atoms with van der Waals surface area (Å²) in [6, 6.07) is -3.02. The minimum atomic E-state index is -1.15. The Labute approximate surface area is 194 Å². The molecule has 13 nitrogen and oxygen atoms in total. The molecule has 2 heterocycles. The second-order valence-electron chi connectivity index (χ2n) is 7.19. The molecular weight excluding hydrogens is 452 g/mol. The number of carbonyl (C=O) groups excluding carboxylic acids is 3. The quantitative estimate of drug-likeness (QED) is 0.162. The van der Waals surface area contributed by atoms with Gasteiger partial charge in [0.15, 0.2) is 0 Å². The lowest BCUT2D eigenvalue weighted by molar-refractivity contribution is -0.141. The standard InChI is InChI=1S/C19H28N8O5S/c1-33-3-2-14(19(31)32)26-16(28)8-23-18(30)15(5-12-7-22-10-25-12)27-17(29)13(20)4-11-6-21-9-24-11/h6-7,9-10,13-15H,2-5,8,20H2,1H3,(H,21,24)(H,22,25)(H,23,30)(H,26,28)(H,27,29)(H,31,32). The van der Waals surface area contributed by atoms with Gasteiger partial charge < -0.3 is 36.8 Å². The predicted octanol–water partition coefficient (Wildman–Crippen LogP) is -1.83. The van der Waals surface area contributed by atoms with Crippen LogP contribution < -0.4 is 21.7 Å². The average molecular weight is 481 g/mol. The van der Waals surface area contributed by atoms with Crippen molar-refractivity contribution in [3.05, 3.63) is 36.4 Å². The fourth-order valence-electron chi connectivity index (χ4n) is 2.86. The van der Waals surface area contributed by atoms with Gasteiger partial charge in [-0.2, -0.15) is 11.8 Å². The van der Waals surface area contributed by atoms with Crippen LogP contribution in [0.4, 0.5) is 0 Å². The summed E-state index contributed by atoms with van der Waals surface area (Å²) in [5, 5.41) is 16.6. The van der Waals surface area contributed by atoms with Crippen molar-refractivity contribution in [3.8, 4) is 0 Å². The van der Waals surface area contributed by atoms with Gasteiger partial charge in [-0.25, -0.2) is 14.8 Å². The Hall–Kier alpha value is -3.39. The van der Waals surface area contributed by atoms with Gasteiger partial charge in [0, 0.05) is 36.6 Å². The number of carbonyl (C=O) groups is 4. The van der Waals surface area contributed by atoms with Crippen LogP contribution in [0.3, 0.4) is 0 Å². The molecule has 2 aromatic rings. The first-order chi connectivity index (χ1) is 15.8. The molecule has 3 amide bonds. The van der Waals surface area contributed by atoms with E-state index < -0.39 is 48.4 Å². The number of hydrogen-bond acceptors (Lipinski definition) is 8. The second kappa shape index (κ2) is 13.2. The third-order valence-electron chi connectivity index (χ3n) is 4.61. The van der Waals surface area contributed by atoms with Crippen LogP contribution in [0.15, 0.2) is 25.0 Å². The van der Waals surface area contributed by atoms with Gasteiger partial charge in [-0.15, -0.1) is 0 Å². The van der Waals surface area contributed by atoms with E-state index in [1.807, 2.05) is 6.26 Å². The lowest BCUT2D eigenvalue weighted by Crippen LogP contribution is -2.54. The van der Waals surface area contributed by atoms with Crippen LogP contribution in [0.1, 0.15) is 17.8 Å². The van der Waals surface area contributed by atoms with E-state index in [0.29, 0.717) is 17.1 Å². The second-order valence-corrected chi connectivity index (χ2v) is 8.17. The van der Waals surface area contributed by atoms with Crippen molar-refractivity contribution in [2.75, 3.05) is 18.6 Å². The van der Waals surface area contributed by atoms with E-state index in [-0.39, 0.29) is 19.3 Å². The summed E-state index contributed by atoms with van der Waals surface area (Å²) in [5.74, 6) is -2.44. The number of nitrogens with two attached hydrogens (primary N) is 1. The highest BCUT2D eigenvalue weighted by molar-refractivity contribution is 7.98. The Morgan fingerprint density at radius 2 is 1.67 bits per heavy atom. The fourth-order valence-corrected chi connectivity index (χ4v) is 3.33. The van der Waals surface area contributed by atoms with E-state index in [9.17, 15) is 24.3 Å². The van der Waals surface area contributed by atoms with Gasteiger partial charge in [0.25, 0.3) is 0 Å². The number of amides is 3. The maximum absolute atomic E-state index is 12.7. The maximum Gasteiger partial charge on any atom is 0.326 e. The molecule has 0 saturated carbocycles. The lowest BCUT2D eigenvalue weighted by Gasteiger charge is -2.20. The van der Waals surface area contributed by atoms with Gasteiger partial charge in [0.05, 0.1) is 25.2 Å². The number of rotatable bonds is 14. The van der Waals surface area contributed by atoms with Crippen molar-refractivity contribution in [1.29, 1.82) is 0 Å². The van der Waals surface area contributed by atoms with Crippen LogP contribution in [-0.4, -0.2) is 85.4 Å². The average Bonchev–Trinajstić information content (AvgIpc) is 3.48. The first-order valence-corrected chi connectivity index (χ1v) is 11.5. The minimum Gasteiger partial charge on any atom is -0.480 e. The molecule has 0 radical (unpaired) electrons. The van der Waals surface area contributed by atoms with Crippen molar-refractivity contribution in [2.45, 2.75) is 37.4 Å². The number of thioether (sulfide) groups is 1. The highest BCUT2D eigenvalue weighted by Gasteiger charge is 2.26. The molecule has 8 N–H and O–H groups in total. The largest absolute Gasteiger partial charge is 0.480 e. The Morgan fingerprint density at radius 3 is 2.21 bits per heavy atom. The zero-order valence-corrected chi connectivity index (χ0v) is 18.9. The molecule has 0 bridgehead atoms. The number of imidazole rings is 2. The summed E-state index contributed by atoms with van der Waals surface area (Å²) in [6.45, 7) is -0.447. The third kappa shape index (κ3) is 8.94. The lowest BCUT2D eigenvalue weighted by atomic mass is 10.1. The van der Waals surface area contributed by atoms with E-state index >= 15 is 0 Å². The summed E-state index contributed by atoms with van der Waals surface area (Å²) < 4.78 is 0. The number of nitrogens with zero attached hydrogens (tertiary/aromatic N) is 2. The molecule has 180 valence electrons. The molecule has 3 unspecified atom stereocenters. The summed E-state index contributed by atoms with van der Waals surface area (Å²) in [6.07, 6.45) is 8.32. The molecule has 2 aromatic heterocycles. The molecule has 0 aliphatic carbocycles. The van der Waals surface area contributed by atoms with Crippen molar-refractivity contribution in [2.24, 2.45) is 5.73 Å². The summed E-state index contributed by atoms with van der Waals surface area (Å²) in [5.41, 5.74) is 7.20. The number of carboxylic acids is 1. The topological polar surface area (TPSA) is 208 Å². The molecule has 14 heteroatoms. The Balaban J connectivity index is 1.95. The van der Waals surface area contributed by atoms with Crippen LogP contribution in [0, 0.1) is 0 Å². The fraction of sp³-hybridized carbons (Fsp3) is 0.474. The highest BCUT2D eigenvalue weighted by Crippen LogP contribution is 2.03. The van der Waals surface area contributed by atoms with Crippen LogP contribution in [0.2, 0.25) is 0 Å². The van der Waals surface area contributed by atoms with Gasteiger partial charge >= 0.3 is 5.97 Å². The van der Waals surface area contributed by atoms with Gasteiger partial charge in [0.1, 0.15) is 12.1 Å². The Bertz CT molecular complexity index is 905. The molecular formula is C19H28N8O5S. The highest BCUT2D eigenvalue weighted by atomic mass is 32.2. The number of aromatic amines is 2. The van der Waals surface area contributed by atoms with Crippen LogP contribution >= 0.6 is 11.8 Å². The zero-order chi connectivity index (χ0) is 24.2. The Kier molecular flexibility index (Phi) is 10.4. The number of nitrogens with one attached hydrogen (secondary N) is 5. The van der Waals surface area contributed by atoms with Crippen molar-refractivity contribution >= 4 is 35.5 Å². The Morgan fingerprint density at radius 1 is 1.03 bits per heavy atom. The van der Waals surface area contributed by atoms with E-state index in [2.05, 4.69) is 35.9 Å². The third-order valence-corrected chi connectivity index (χ3v) is 5.25. The molecule has 33 heavy (non-hydrogen) atoms. The number of hydrogen-bond donors (Lipinski definition) is 7. The van der Waals surface area contributed by atoms with Crippen molar-refractivity contribution < 1.29 is 24.3 Å². The number of aromatic nitrogens is 4. The normalized spacial score (nSPS) is 13.5. The molecule has 0 saturated heterocycles. The van der Waals surface area contributed by atoms with Gasteiger partial charge in [-0.3, -0.25) is 14.4 Å². The van der Waals surface area contributed by atoms with Gasteiger partial charge in [0.2, 0.25) is 17.7 Å². The smallest absolute Gasteiger partial charge is 0.326 e. The van der Waals surface area contributed by atoms with E-state index in [1.54, 1.807) is 6.20 Å². The first-order valence-electron chi connectivity index (χ1n) is 10.1. The van der Waals surface area contributed by atoms with E-state index in [1.165, 1.54) is 30.6 Å². The first kappa shape index (κ1) is 25.9. The molecule has 2 rings (SSSR count). The summed E-state index contributed by atoms with van der Waals surface area (Å²) in [7, 11) is 0. The molecule has 0 fully saturated rings. The molecule has 0 aromatic carbocycles. The maximum atomic E-state index is 12.7. The monoisotopic (exact) mass is 480 g/mol. The molecule has 0 aliphatic heterocycles. The SMILES string of the molecule is CSCCC(NC(=O)CNC(=O)C(Cc1cnc[nH]1)NC(=O)C(N)Cc1cnc[nH]1)C(=O)O. The number of aliphatic carboxylic acids is 1. The van der Waals surface area contributed by atoms with Crippen LogP contribution in [-0.2, 0) is 32.0 Å². The minimum absolute atomic E-state index is 0.0848. The number of carboxylic acid groups (broad SMARTS) is 1. The van der Waals surface area contributed by atoms with Crippen molar-refractivity contribution in [1.82, 2.24) is 35.9 Å². The predicted molar refractivity (Wildman–Crippen MR) is 120 cm³/mol. The van der Waals surface area contributed by atoms with Crippen LogP contribution in [0.25, 0.3) is 0 Å². The number of H-pyrrole nitrogens is 2. The van der Waals surface area contributed by atoms with Gasteiger partial charge in [-0.05, 0) is 18.4 Å².